The van der Waals surface area contributed by atoms with E-state index in [1.54, 1.807) is 26.0 Å². The van der Waals surface area contributed by atoms with E-state index < -0.39 is 18.4 Å². The highest BCUT2D eigenvalue weighted by Crippen LogP contribution is 2.37. The van der Waals surface area contributed by atoms with Crippen LogP contribution in [0.2, 0.25) is 5.02 Å². The minimum Gasteiger partial charge on any atom is -0.496 e. The van der Waals surface area contributed by atoms with E-state index in [0.717, 1.165) is 0 Å². The van der Waals surface area contributed by atoms with Crippen LogP contribution in [0.25, 0.3) is 5.57 Å². The second-order valence-electron chi connectivity index (χ2n) is 4.58. The molecule has 126 valence electrons. The summed E-state index contributed by atoms with van der Waals surface area (Å²) >= 11 is 6.05. The molecule has 0 radical (unpaired) electrons. The van der Waals surface area contributed by atoms with Crippen LogP contribution in [0.3, 0.4) is 0 Å². The number of carbonyl (C=O) groups excluding carboxylic acids is 1. The molecule has 0 saturated heterocycles. The molecule has 0 saturated carbocycles. The van der Waals surface area contributed by atoms with Gasteiger partial charge in [0.1, 0.15) is 11.5 Å². The Balaban J connectivity index is 3.53. The van der Waals surface area contributed by atoms with E-state index in [1.807, 2.05) is 0 Å². The molecule has 1 aromatic carbocycles. The van der Waals surface area contributed by atoms with E-state index in [-0.39, 0.29) is 12.2 Å². The Morgan fingerprint density at radius 3 is 2.26 bits per heavy atom. The SMILES string of the molecule is CCOC(=O)/C(CC(=O)O)=C(\C)c1cc(OC)c(Cl)cc1OC. The molecule has 0 heterocycles. The monoisotopic (exact) mass is 342 g/mol. The van der Waals surface area contributed by atoms with Gasteiger partial charge in [-0.3, -0.25) is 4.79 Å². The molecule has 0 unspecified atom stereocenters. The first-order valence-corrected chi connectivity index (χ1v) is 7.24. The van der Waals surface area contributed by atoms with E-state index in [0.29, 0.717) is 27.7 Å². The van der Waals surface area contributed by atoms with Crippen molar-refractivity contribution in [2.75, 3.05) is 20.8 Å². The molecule has 6 nitrogen and oxygen atoms in total. The summed E-state index contributed by atoms with van der Waals surface area (Å²) in [6, 6.07) is 3.14. The van der Waals surface area contributed by atoms with Gasteiger partial charge in [-0.2, -0.15) is 0 Å². The smallest absolute Gasteiger partial charge is 0.334 e. The summed E-state index contributed by atoms with van der Waals surface area (Å²) in [7, 11) is 2.91. The van der Waals surface area contributed by atoms with Gasteiger partial charge in [-0.25, -0.2) is 4.79 Å². The lowest BCUT2D eigenvalue weighted by atomic mass is 9.98. The standard InChI is InChI=1S/C16H19ClO6/c1-5-23-16(20)11(7-15(18)19)9(2)10-6-14(22-4)12(17)8-13(10)21-3/h6,8H,5,7H2,1-4H3,(H,18,19)/b11-9+. The third-order valence-electron chi connectivity index (χ3n) is 3.18. The average molecular weight is 343 g/mol. The Morgan fingerprint density at radius 2 is 1.78 bits per heavy atom. The lowest BCUT2D eigenvalue weighted by molar-refractivity contribution is -0.142. The first-order chi connectivity index (χ1) is 10.8. The fourth-order valence-electron chi connectivity index (χ4n) is 2.04. The van der Waals surface area contributed by atoms with E-state index in [9.17, 15) is 9.59 Å². The molecule has 0 fully saturated rings. The van der Waals surface area contributed by atoms with Crippen molar-refractivity contribution in [3.8, 4) is 11.5 Å². The zero-order valence-electron chi connectivity index (χ0n) is 13.4. The second kappa shape index (κ2) is 8.43. The zero-order valence-corrected chi connectivity index (χ0v) is 14.2. The van der Waals surface area contributed by atoms with Crippen LogP contribution in [0.1, 0.15) is 25.8 Å². The number of rotatable bonds is 7. The maximum Gasteiger partial charge on any atom is 0.334 e. The van der Waals surface area contributed by atoms with Gasteiger partial charge in [-0.15, -0.1) is 0 Å². The normalized spacial score (nSPS) is 11.5. The fourth-order valence-corrected chi connectivity index (χ4v) is 2.27. The van der Waals surface area contributed by atoms with Gasteiger partial charge >= 0.3 is 11.9 Å². The third kappa shape index (κ3) is 4.63. The highest BCUT2D eigenvalue weighted by Gasteiger charge is 2.21. The first kappa shape index (κ1) is 18.8. The van der Waals surface area contributed by atoms with E-state index >= 15 is 0 Å². The number of hydrogen-bond acceptors (Lipinski definition) is 5. The maximum atomic E-state index is 12.1. The number of carboxylic acids is 1. The Kier molecular flexibility index (Phi) is 6.90. The molecule has 0 spiro atoms. The van der Waals surface area contributed by atoms with Crippen molar-refractivity contribution in [3.05, 3.63) is 28.3 Å². The van der Waals surface area contributed by atoms with Gasteiger partial charge in [-0.1, -0.05) is 11.6 Å². The Bertz CT molecular complexity index is 636. The maximum absolute atomic E-state index is 12.1. The molecule has 0 aromatic heterocycles. The fraction of sp³-hybridized carbons (Fsp3) is 0.375. The summed E-state index contributed by atoms with van der Waals surface area (Å²) in [6.45, 7) is 3.42. The predicted molar refractivity (Wildman–Crippen MR) is 86.0 cm³/mol. The van der Waals surface area contributed by atoms with E-state index in [2.05, 4.69) is 0 Å². The molecule has 0 amide bonds. The van der Waals surface area contributed by atoms with Crippen molar-refractivity contribution < 1.29 is 28.9 Å². The van der Waals surface area contributed by atoms with Gasteiger partial charge in [0, 0.05) is 11.6 Å². The Labute approximate surface area is 139 Å². The Hall–Kier alpha value is -2.21. The quantitative estimate of drug-likeness (QED) is 0.605. The topological polar surface area (TPSA) is 82.1 Å². The van der Waals surface area contributed by atoms with E-state index in [4.69, 9.17) is 30.9 Å². The number of aliphatic carboxylic acids is 1. The number of ether oxygens (including phenoxy) is 3. The summed E-state index contributed by atoms with van der Waals surface area (Å²) in [4.78, 5) is 23.1. The Morgan fingerprint density at radius 1 is 1.17 bits per heavy atom. The average Bonchev–Trinajstić information content (AvgIpc) is 2.51. The van der Waals surface area contributed by atoms with E-state index in [1.165, 1.54) is 14.2 Å². The van der Waals surface area contributed by atoms with Crippen LogP contribution in [0.15, 0.2) is 17.7 Å². The number of halogens is 1. The summed E-state index contributed by atoms with van der Waals surface area (Å²) in [6.07, 6.45) is -0.460. The summed E-state index contributed by atoms with van der Waals surface area (Å²) in [5.41, 5.74) is 0.984. The van der Waals surface area contributed by atoms with Crippen LogP contribution in [-0.2, 0) is 14.3 Å². The molecule has 0 aliphatic heterocycles. The van der Waals surface area contributed by atoms with Crippen LogP contribution in [0.5, 0.6) is 11.5 Å². The van der Waals surface area contributed by atoms with Crippen molar-refractivity contribution in [1.82, 2.24) is 0 Å². The first-order valence-electron chi connectivity index (χ1n) is 6.86. The van der Waals surface area contributed by atoms with Crippen molar-refractivity contribution in [1.29, 1.82) is 0 Å². The number of allylic oxidation sites excluding steroid dienone is 1. The largest absolute Gasteiger partial charge is 0.496 e. The molecular weight excluding hydrogens is 324 g/mol. The number of hydrogen-bond donors (Lipinski definition) is 1. The second-order valence-corrected chi connectivity index (χ2v) is 4.99. The van der Waals surface area contributed by atoms with Gasteiger partial charge in [0.05, 0.1) is 37.8 Å². The predicted octanol–water partition coefficient (Wildman–Crippen LogP) is 3.17. The lowest BCUT2D eigenvalue weighted by Gasteiger charge is -2.15. The molecule has 7 heteroatoms. The molecule has 0 aliphatic rings. The number of esters is 1. The van der Waals surface area contributed by atoms with Crippen LogP contribution in [-0.4, -0.2) is 37.9 Å². The van der Waals surface area contributed by atoms with Gasteiger partial charge < -0.3 is 19.3 Å². The molecule has 23 heavy (non-hydrogen) atoms. The van der Waals surface area contributed by atoms with Gasteiger partial charge in [-0.05, 0) is 25.5 Å². The van der Waals surface area contributed by atoms with Crippen molar-refractivity contribution in [2.24, 2.45) is 0 Å². The van der Waals surface area contributed by atoms with Gasteiger partial charge in [0.2, 0.25) is 0 Å². The minimum absolute atomic E-state index is 0.0435. The summed E-state index contributed by atoms with van der Waals surface area (Å²) < 4.78 is 15.4. The number of methoxy groups -OCH3 is 2. The van der Waals surface area contributed by atoms with Crippen LogP contribution >= 0.6 is 11.6 Å². The number of benzene rings is 1. The molecule has 0 bridgehead atoms. The summed E-state index contributed by atoms with van der Waals surface area (Å²) in [5, 5.41) is 9.39. The minimum atomic E-state index is -1.13. The van der Waals surface area contributed by atoms with Gasteiger partial charge in [0.25, 0.3) is 0 Å². The molecule has 0 atom stereocenters. The highest BCUT2D eigenvalue weighted by atomic mass is 35.5. The molecule has 1 N–H and O–H groups in total. The van der Waals surface area contributed by atoms with Crippen LogP contribution < -0.4 is 9.47 Å². The van der Waals surface area contributed by atoms with Crippen molar-refractivity contribution in [3.63, 3.8) is 0 Å². The summed E-state index contributed by atoms with van der Waals surface area (Å²) in [5.74, 6) is -1.02. The molecule has 1 rings (SSSR count). The molecule has 1 aromatic rings. The third-order valence-corrected chi connectivity index (χ3v) is 3.48. The van der Waals surface area contributed by atoms with Crippen LogP contribution in [0, 0.1) is 0 Å². The van der Waals surface area contributed by atoms with Gasteiger partial charge in [0.15, 0.2) is 0 Å². The number of carboxylic acid groups (broad SMARTS) is 1. The molecule has 0 aliphatic carbocycles. The number of carbonyl (C=O) groups is 2. The highest BCUT2D eigenvalue weighted by molar-refractivity contribution is 6.32. The van der Waals surface area contributed by atoms with Crippen molar-refractivity contribution in [2.45, 2.75) is 20.3 Å². The molecular formula is C16H19ClO6. The van der Waals surface area contributed by atoms with Crippen LogP contribution in [0.4, 0.5) is 0 Å². The van der Waals surface area contributed by atoms with Crippen molar-refractivity contribution >= 4 is 29.1 Å². The zero-order chi connectivity index (χ0) is 17.6. The lowest BCUT2D eigenvalue weighted by Crippen LogP contribution is -2.13.